The molecule has 0 heterocycles. The summed E-state index contributed by atoms with van der Waals surface area (Å²) in [5.41, 5.74) is 0. The van der Waals surface area contributed by atoms with E-state index in [1.165, 1.54) is 44.9 Å². The van der Waals surface area contributed by atoms with Crippen molar-refractivity contribution in [3.63, 3.8) is 0 Å². The number of hydrogen-bond acceptors (Lipinski definition) is 0. The van der Waals surface area contributed by atoms with Gasteiger partial charge in [0.15, 0.2) is 0 Å². The molecule has 0 N–H and O–H groups in total. The zero-order valence-electron chi connectivity index (χ0n) is 9.97. The second-order valence-corrected chi connectivity index (χ2v) is 3.82. The molecule has 0 aromatic carbocycles. The Kier molecular flexibility index (Phi) is 12.0. The maximum atomic E-state index is 2.33. The third-order valence-electron chi connectivity index (χ3n) is 2.29. The zero-order valence-corrected chi connectivity index (χ0v) is 9.97. The Morgan fingerprint density at radius 3 is 2.00 bits per heavy atom. The van der Waals surface area contributed by atoms with Gasteiger partial charge in [0.05, 0.1) is 0 Å². The van der Waals surface area contributed by atoms with Gasteiger partial charge >= 0.3 is 0 Å². The molecule has 0 rings (SSSR count). The quantitative estimate of drug-likeness (QED) is 0.347. The van der Waals surface area contributed by atoms with Gasteiger partial charge in [0.25, 0.3) is 0 Å². The minimum atomic E-state index is 1.12. The van der Waals surface area contributed by atoms with Crippen molar-refractivity contribution in [3.05, 3.63) is 24.3 Å². The maximum absolute atomic E-state index is 2.33. The van der Waals surface area contributed by atoms with Crippen LogP contribution in [0.1, 0.15) is 65.2 Å². The molecule has 0 nitrogen and oxygen atoms in total. The van der Waals surface area contributed by atoms with Crippen molar-refractivity contribution >= 4 is 0 Å². The fourth-order valence-electron chi connectivity index (χ4n) is 1.36. The minimum absolute atomic E-state index is 1.12. The highest BCUT2D eigenvalue weighted by atomic mass is 13.9. The lowest BCUT2D eigenvalue weighted by Gasteiger charge is -1.93. The van der Waals surface area contributed by atoms with E-state index in [9.17, 15) is 0 Å². The van der Waals surface area contributed by atoms with Crippen molar-refractivity contribution in [2.45, 2.75) is 65.2 Å². The first-order chi connectivity index (χ1) is 6.91. The Morgan fingerprint density at radius 1 is 0.643 bits per heavy atom. The molecule has 0 spiro atoms. The molecular formula is C14H26. The van der Waals surface area contributed by atoms with Crippen molar-refractivity contribution in [1.29, 1.82) is 0 Å². The van der Waals surface area contributed by atoms with E-state index in [1.807, 2.05) is 0 Å². The largest absolute Gasteiger partial charge is 0.0882 e. The minimum Gasteiger partial charge on any atom is -0.0882 e. The van der Waals surface area contributed by atoms with Gasteiger partial charge in [-0.2, -0.15) is 0 Å². The highest BCUT2D eigenvalue weighted by Crippen LogP contribution is 2.03. The highest BCUT2D eigenvalue weighted by Gasteiger charge is 1.83. The summed E-state index contributed by atoms with van der Waals surface area (Å²) in [4.78, 5) is 0. The molecule has 0 aromatic rings. The maximum Gasteiger partial charge on any atom is -0.0169 e. The first-order valence-electron chi connectivity index (χ1n) is 6.21. The average Bonchev–Trinajstić information content (AvgIpc) is 2.21. The molecule has 0 bridgehead atoms. The molecule has 14 heavy (non-hydrogen) atoms. The van der Waals surface area contributed by atoms with Gasteiger partial charge < -0.3 is 0 Å². The third-order valence-corrected chi connectivity index (χ3v) is 2.29. The van der Waals surface area contributed by atoms with Crippen LogP contribution >= 0.6 is 0 Å². The summed E-state index contributed by atoms with van der Waals surface area (Å²) >= 11 is 0. The van der Waals surface area contributed by atoms with Gasteiger partial charge in [0.2, 0.25) is 0 Å². The molecule has 0 unspecified atom stereocenters. The lowest BCUT2D eigenvalue weighted by Crippen LogP contribution is -1.73. The molecule has 82 valence electrons. The molecule has 0 aliphatic carbocycles. The van der Waals surface area contributed by atoms with Crippen molar-refractivity contribution in [2.24, 2.45) is 0 Å². The fraction of sp³-hybridized carbons (Fsp3) is 0.714. The van der Waals surface area contributed by atoms with Gasteiger partial charge in [-0.25, -0.2) is 0 Å². The number of unbranched alkanes of at least 4 members (excludes halogenated alkanes) is 5. The van der Waals surface area contributed by atoms with Crippen LogP contribution in [0.25, 0.3) is 0 Å². The molecule has 0 atom stereocenters. The average molecular weight is 194 g/mol. The Hall–Kier alpha value is -0.520. The molecule has 0 saturated carbocycles. The summed E-state index contributed by atoms with van der Waals surface area (Å²) in [6.07, 6.45) is 19.5. The SMILES string of the molecule is CCC/C=C\CC=CCCCCCC. The molecule has 0 saturated heterocycles. The van der Waals surface area contributed by atoms with Crippen LogP contribution in [0.2, 0.25) is 0 Å². The molecule has 0 heteroatoms. The van der Waals surface area contributed by atoms with Crippen LogP contribution in [-0.4, -0.2) is 0 Å². The molecule has 0 radical (unpaired) electrons. The molecule has 0 aromatic heterocycles. The van der Waals surface area contributed by atoms with E-state index < -0.39 is 0 Å². The lowest BCUT2D eigenvalue weighted by molar-refractivity contribution is 0.674. The number of hydrogen-bond donors (Lipinski definition) is 0. The van der Waals surface area contributed by atoms with Crippen molar-refractivity contribution < 1.29 is 0 Å². The second kappa shape index (κ2) is 12.5. The van der Waals surface area contributed by atoms with Gasteiger partial charge in [0, 0.05) is 0 Å². The van der Waals surface area contributed by atoms with Crippen LogP contribution in [-0.2, 0) is 0 Å². The topological polar surface area (TPSA) is 0 Å². The summed E-state index contributed by atoms with van der Waals surface area (Å²) in [5, 5.41) is 0. The Morgan fingerprint density at radius 2 is 1.36 bits per heavy atom. The Balaban J connectivity index is 3.11. The molecular weight excluding hydrogens is 168 g/mol. The van der Waals surface area contributed by atoms with Crippen molar-refractivity contribution in [3.8, 4) is 0 Å². The molecule has 0 fully saturated rings. The van der Waals surface area contributed by atoms with Crippen molar-refractivity contribution in [1.82, 2.24) is 0 Å². The van der Waals surface area contributed by atoms with E-state index in [1.54, 1.807) is 0 Å². The van der Waals surface area contributed by atoms with Crippen LogP contribution < -0.4 is 0 Å². The monoisotopic (exact) mass is 194 g/mol. The predicted molar refractivity (Wildman–Crippen MR) is 66.6 cm³/mol. The van der Waals surface area contributed by atoms with Crippen LogP contribution in [0.5, 0.6) is 0 Å². The van der Waals surface area contributed by atoms with Gasteiger partial charge in [-0.1, -0.05) is 63.8 Å². The third kappa shape index (κ3) is 11.5. The molecule has 0 aliphatic rings. The summed E-state index contributed by atoms with van der Waals surface area (Å²) in [7, 11) is 0. The normalized spacial score (nSPS) is 11.9. The van der Waals surface area contributed by atoms with Crippen LogP contribution in [0.3, 0.4) is 0 Å². The molecule has 0 amide bonds. The van der Waals surface area contributed by atoms with E-state index in [4.69, 9.17) is 0 Å². The summed E-state index contributed by atoms with van der Waals surface area (Å²) in [6, 6.07) is 0. The summed E-state index contributed by atoms with van der Waals surface area (Å²) in [5.74, 6) is 0. The standard InChI is InChI=1S/C14H26/c1-3-5-7-9-11-13-14-12-10-8-6-4-2/h7,9,13-14H,3-6,8,10-12H2,1-2H3/b9-7-,14-13?. The van der Waals surface area contributed by atoms with E-state index in [-0.39, 0.29) is 0 Å². The summed E-state index contributed by atoms with van der Waals surface area (Å²) in [6.45, 7) is 4.47. The van der Waals surface area contributed by atoms with Gasteiger partial charge in [-0.15, -0.1) is 0 Å². The lowest BCUT2D eigenvalue weighted by atomic mass is 10.1. The van der Waals surface area contributed by atoms with Crippen LogP contribution in [0, 0.1) is 0 Å². The van der Waals surface area contributed by atoms with E-state index >= 15 is 0 Å². The van der Waals surface area contributed by atoms with Crippen molar-refractivity contribution in [2.75, 3.05) is 0 Å². The zero-order chi connectivity index (χ0) is 10.5. The van der Waals surface area contributed by atoms with Gasteiger partial charge in [-0.3, -0.25) is 0 Å². The highest BCUT2D eigenvalue weighted by molar-refractivity contribution is 4.92. The van der Waals surface area contributed by atoms with E-state index in [0.717, 1.165) is 6.42 Å². The fourth-order valence-corrected chi connectivity index (χ4v) is 1.36. The first kappa shape index (κ1) is 13.5. The number of rotatable bonds is 9. The number of allylic oxidation sites excluding steroid dienone is 4. The second-order valence-electron chi connectivity index (χ2n) is 3.82. The smallest absolute Gasteiger partial charge is 0.0169 e. The Labute approximate surface area is 90.1 Å². The van der Waals surface area contributed by atoms with Crippen LogP contribution in [0.4, 0.5) is 0 Å². The van der Waals surface area contributed by atoms with E-state index in [2.05, 4.69) is 38.2 Å². The van der Waals surface area contributed by atoms with Gasteiger partial charge in [0.1, 0.15) is 0 Å². The first-order valence-corrected chi connectivity index (χ1v) is 6.21. The predicted octanol–water partition coefficient (Wildman–Crippen LogP) is 5.26. The van der Waals surface area contributed by atoms with E-state index in [0.29, 0.717) is 0 Å². The van der Waals surface area contributed by atoms with Crippen LogP contribution in [0.15, 0.2) is 24.3 Å². The van der Waals surface area contributed by atoms with Gasteiger partial charge in [-0.05, 0) is 25.7 Å². The molecule has 0 aliphatic heterocycles. The summed E-state index contributed by atoms with van der Waals surface area (Å²) < 4.78 is 0. The Bertz CT molecular complexity index is 142.